The molecule has 1 N–H and O–H groups in total. The quantitative estimate of drug-likeness (QED) is 0.791. The number of rotatable bonds is 3. The molecule has 0 aromatic carbocycles. The van der Waals surface area contributed by atoms with E-state index in [9.17, 15) is 0 Å². The Morgan fingerprint density at radius 3 is 2.31 bits per heavy atom. The molecule has 1 heterocycles. The number of nitrogens with one attached hydrogen (secondary N) is 1. The highest BCUT2D eigenvalue weighted by molar-refractivity contribution is 4.85. The van der Waals surface area contributed by atoms with E-state index in [4.69, 9.17) is 0 Å². The monoisotopic (exact) mass is 224 g/mol. The molecule has 0 aromatic rings. The third-order valence-corrected chi connectivity index (χ3v) is 4.97. The van der Waals surface area contributed by atoms with E-state index in [1.165, 1.54) is 45.3 Å². The summed E-state index contributed by atoms with van der Waals surface area (Å²) in [5.74, 6) is 2.74. The second-order valence-corrected chi connectivity index (χ2v) is 6.18. The van der Waals surface area contributed by atoms with Crippen molar-refractivity contribution in [2.75, 3.05) is 26.7 Å². The first-order chi connectivity index (χ1) is 7.66. The van der Waals surface area contributed by atoms with E-state index in [0.717, 1.165) is 23.8 Å². The van der Waals surface area contributed by atoms with Crippen LogP contribution in [0.1, 0.15) is 39.5 Å². The summed E-state index contributed by atoms with van der Waals surface area (Å²) in [5.41, 5.74) is 0. The van der Waals surface area contributed by atoms with Crippen molar-refractivity contribution in [3.8, 4) is 0 Å². The first kappa shape index (κ1) is 12.4. The Morgan fingerprint density at radius 2 is 1.75 bits per heavy atom. The third kappa shape index (κ3) is 2.98. The number of likely N-dealkylation sites (tertiary alicyclic amines) is 1. The van der Waals surface area contributed by atoms with Crippen LogP contribution in [0.25, 0.3) is 0 Å². The van der Waals surface area contributed by atoms with Gasteiger partial charge in [0.15, 0.2) is 0 Å². The number of hydrogen-bond donors (Lipinski definition) is 1. The average molecular weight is 224 g/mol. The summed E-state index contributed by atoms with van der Waals surface area (Å²) in [6.45, 7) is 8.67. The minimum Gasteiger partial charge on any atom is -0.313 e. The summed E-state index contributed by atoms with van der Waals surface area (Å²) in [7, 11) is 2.24. The molecule has 1 aliphatic heterocycles. The highest BCUT2D eigenvalue weighted by Crippen LogP contribution is 2.31. The zero-order chi connectivity index (χ0) is 11.5. The first-order valence-electron chi connectivity index (χ1n) is 7.08. The Labute approximate surface area is 101 Å². The van der Waals surface area contributed by atoms with Crippen LogP contribution in [0.5, 0.6) is 0 Å². The zero-order valence-electron chi connectivity index (χ0n) is 11.2. The molecule has 0 spiro atoms. The van der Waals surface area contributed by atoms with Gasteiger partial charge in [0.2, 0.25) is 0 Å². The minimum absolute atomic E-state index is 0.801. The number of hydrogen-bond acceptors (Lipinski definition) is 2. The van der Waals surface area contributed by atoms with Crippen LogP contribution in [0.2, 0.25) is 0 Å². The van der Waals surface area contributed by atoms with Gasteiger partial charge in [0.25, 0.3) is 0 Å². The molecule has 1 aliphatic carbocycles. The molecule has 0 bridgehead atoms. The summed E-state index contributed by atoms with van der Waals surface area (Å²) in [6, 6.07) is 0.801. The molecule has 16 heavy (non-hydrogen) atoms. The van der Waals surface area contributed by atoms with E-state index in [1.54, 1.807) is 0 Å². The lowest BCUT2D eigenvalue weighted by Crippen LogP contribution is -2.39. The van der Waals surface area contributed by atoms with Crippen LogP contribution in [0, 0.1) is 17.8 Å². The maximum absolute atomic E-state index is 3.83. The highest BCUT2D eigenvalue weighted by Gasteiger charge is 2.29. The fourth-order valence-electron chi connectivity index (χ4n) is 3.24. The van der Waals surface area contributed by atoms with Crippen molar-refractivity contribution in [1.82, 2.24) is 10.2 Å². The summed E-state index contributed by atoms with van der Waals surface area (Å²) in [4.78, 5) is 2.46. The zero-order valence-corrected chi connectivity index (χ0v) is 11.2. The van der Waals surface area contributed by atoms with E-state index >= 15 is 0 Å². The summed E-state index contributed by atoms with van der Waals surface area (Å²) in [5, 5.41) is 3.83. The van der Waals surface area contributed by atoms with E-state index < -0.39 is 0 Å². The maximum Gasteiger partial charge on any atom is 0.00954 e. The van der Waals surface area contributed by atoms with Gasteiger partial charge in [0, 0.05) is 6.04 Å². The van der Waals surface area contributed by atoms with Crippen molar-refractivity contribution in [3.05, 3.63) is 0 Å². The smallest absolute Gasteiger partial charge is 0.00954 e. The van der Waals surface area contributed by atoms with Gasteiger partial charge in [-0.15, -0.1) is 0 Å². The van der Waals surface area contributed by atoms with Crippen LogP contribution in [-0.2, 0) is 0 Å². The fraction of sp³-hybridized carbons (Fsp3) is 1.00. The lowest BCUT2D eigenvalue weighted by Gasteiger charge is -2.30. The van der Waals surface area contributed by atoms with Crippen molar-refractivity contribution in [2.24, 2.45) is 17.8 Å². The van der Waals surface area contributed by atoms with Gasteiger partial charge in [-0.25, -0.2) is 0 Å². The van der Waals surface area contributed by atoms with Gasteiger partial charge in [-0.3, -0.25) is 0 Å². The highest BCUT2D eigenvalue weighted by atomic mass is 15.1. The van der Waals surface area contributed by atoms with E-state index in [0.29, 0.717) is 0 Å². The SMILES string of the molecule is CC1CCC(NCC2CCN(C)CC2)C1C. The normalized spacial score (nSPS) is 38.1. The van der Waals surface area contributed by atoms with Crippen LogP contribution in [-0.4, -0.2) is 37.6 Å². The van der Waals surface area contributed by atoms with E-state index in [1.807, 2.05) is 0 Å². The Balaban J connectivity index is 1.68. The summed E-state index contributed by atoms with van der Waals surface area (Å²) >= 11 is 0. The standard InChI is InChI=1S/C14H28N2/c1-11-4-5-14(12(11)2)15-10-13-6-8-16(3)9-7-13/h11-15H,4-10H2,1-3H3. The van der Waals surface area contributed by atoms with Crippen molar-refractivity contribution in [2.45, 2.75) is 45.6 Å². The first-order valence-corrected chi connectivity index (χ1v) is 7.08. The molecule has 2 fully saturated rings. The topological polar surface area (TPSA) is 15.3 Å². The van der Waals surface area contributed by atoms with Crippen molar-refractivity contribution in [1.29, 1.82) is 0 Å². The molecule has 2 rings (SSSR count). The van der Waals surface area contributed by atoms with E-state index in [-0.39, 0.29) is 0 Å². The molecule has 0 amide bonds. The van der Waals surface area contributed by atoms with Crippen LogP contribution in [0.3, 0.4) is 0 Å². The minimum atomic E-state index is 0.801. The molecule has 1 saturated carbocycles. The average Bonchev–Trinajstić information content (AvgIpc) is 2.60. The molecule has 1 saturated heterocycles. The Bertz CT molecular complexity index is 209. The molecule has 2 heteroatoms. The third-order valence-electron chi connectivity index (χ3n) is 4.97. The van der Waals surface area contributed by atoms with Crippen molar-refractivity contribution < 1.29 is 0 Å². The predicted octanol–water partition coefficient (Wildman–Crippen LogP) is 2.35. The molecule has 3 unspecified atom stereocenters. The van der Waals surface area contributed by atoms with Crippen molar-refractivity contribution in [3.63, 3.8) is 0 Å². The molecular weight excluding hydrogens is 196 g/mol. The van der Waals surface area contributed by atoms with Gasteiger partial charge in [0.1, 0.15) is 0 Å². The number of piperidine rings is 1. The Kier molecular flexibility index (Phi) is 4.26. The van der Waals surface area contributed by atoms with Gasteiger partial charge in [-0.1, -0.05) is 13.8 Å². The molecule has 0 aromatic heterocycles. The van der Waals surface area contributed by atoms with Gasteiger partial charge in [-0.05, 0) is 70.1 Å². The molecule has 3 atom stereocenters. The number of nitrogens with zero attached hydrogens (tertiary/aromatic N) is 1. The maximum atomic E-state index is 3.83. The second kappa shape index (κ2) is 5.50. The molecule has 2 nitrogen and oxygen atoms in total. The Hall–Kier alpha value is -0.0800. The van der Waals surface area contributed by atoms with Gasteiger partial charge in [-0.2, -0.15) is 0 Å². The molecule has 0 radical (unpaired) electrons. The van der Waals surface area contributed by atoms with E-state index in [2.05, 4.69) is 31.1 Å². The van der Waals surface area contributed by atoms with Crippen LogP contribution in [0.15, 0.2) is 0 Å². The molecule has 94 valence electrons. The lowest BCUT2D eigenvalue weighted by molar-refractivity contribution is 0.209. The summed E-state index contributed by atoms with van der Waals surface area (Å²) < 4.78 is 0. The molecular formula is C14H28N2. The molecule has 2 aliphatic rings. The fourth-order valence-corrected chi connectivity index (χ4v) is 3.24. The largest absolute Gasteiger partial charge is 0.313 e. The van der Waals surface area contributed by atoms with Gasteiger partial charge >= 0.3 is 0 Å². The van der Waals surface area contributed by atoms with Crippen LogP contribution >= 0.6 is 0 Å². The van der Waals surface area contributed by atoms with Gasteiger partial charge in [0.05, 0.1) is 0 Å². The van der Waals surface area contributed by atoms with Gasteiger partial charge < -0.3 is 10.2 Å². The Morgan fingerprint density at radius 1 is 1.06 bits per heavy atom. The summed E-state index contributed by atoms with van der Waals surface area (Å²) in [6.07, 6.45) is 5.60. The predicted molar refractivity (Wildman–Crippen MR) is 69.6 cm³/mol. The van der Waals surface area contributed by atoms with Crippen molar-refractivity contribution >= 4 is 0 Å². The second-order valence-electron chi connectivity index (χ2n) is 6.18. The lowest BCUT2D eigenvalue weighted by atomic mass is 9.94. The van der Waals surface area contributed by atoms with Crippen LogP contribution < -0.4 is 5.32 Å². The van der Waals surface area contributed by atoms with Crippen LogP contribution in [0.4, 0.5) is 0 Å².